The third-order valence-electron chi connectivity index (χ3n) is 6.34. The Kier molecular flexibility index (Phi) is 7.58. The lowest BCUT2D eigenvalue weighted by Crippen LogP contribution is -2.57. The van der Waals surface area contributed by atoms with Gasteiger partial charge in [-0.1, -0.05) is 13.3 Å². The van der Waals surface area contributed by atoms with Crippen LogP contribution < -0.4 is 21.5 Å². The normalized spacial score (nSPS) is 36.2. The van der Waals surface area contributed by atoms with E-state index in [-0.39, 0.29) is 17.4 Å². The Morgan fingerprint density at radius 1 is 1.25 bits per heavy atom. The maximum absolute atomic E-state index is 13.6. The number of alkyl halides is 2. The molecule has 5 unspecified atom stereocenters. The molecule has 4 N–H and O–H groups in total. The first kappa shape index (κ1) is 22.2. The molecule has 28 heavy (non-hydrogen) atoms. The number of rotatable bonds is 6. The summed E-state index contributed by atoms with van der Waals surface area (Å²) in [5, 5.41) is 6.52. The molecule has 0 aromatic heterocycles. The fourth-order valence-electron chi connectivity index (χ4n) is 4.53. The largest absolute Gasteiger partial charge is 0.352 e. The number of hydrogen-bond donors (Lipinski definition) is 4. The lowest BCUT2D eigenvalue weighted by molar-refractivity contribution is -0.126. The number of piperidine rings is 1. The van der Waals surface area contributed by atoms with Crippen LogP contribution in [0.5, 0.6) is 0 Å². The highest BCUT2D eigenvalue weighted by atomic mass is 32.2. The van der Waals surface area contributed by atoms with Crippen molar-refractivity contribution in [1.82, 2.24) is 26.4 Å². The molecule has 1 amide bonds. The molecular formula is C19H35F2N5OS. The lowest BCUT2D eigenvalue weighted by Gasteiger charge is -2.37. The molecule has 0 spiro atoms. The number of thioether (sulfide) groups is 1. The Bertz CT molecular complexity index is 535. The summed E-state index contributed by atoms with van der Waals surface area (Å²) in [6, 6.07) is -1.26. The molecule has 6 nitrogen and oxygen atoms in total. The van der Waals surface area contributed by atoms with Crippen molar-refractivity contribution < 1.29 is 13.6 Å². The molecule has 9 heteroatoms. The predicted octanol–water partition coefficient (Wildman–Crippen LogP) is 2.23. The van der Waals surface area contributed by atoms with Crippen LogP contribution in [0.25, 0.3) is 0 Å². The lowest BCUT2D eigenvalue weighted by atomic mass is 9.83. The minimum atomic E-state index is -2.79. The third-order valence-corrected chi connectivity index (χ3v) is 7.89. The van der Waals surface area contributed by atoms with Crippen LogP contribution in [0.3, 0.4) is 0 Å². The van der Waals surface area contributed by atoms with E-state index in [9.17, 15) is 13.6 Å². The Labute approximate surface area is 171 Å². The molecule has 1 saturated carbocycles. The quantitative estimate of drug-likeness (QED) is 0.530. The second-order valence-electron chi connectivity index (χ2n) is 8.72. The Balaban J connectivity index is 1.48. The Hall–Kier alpha value is -0.480. The van der Waals surface area contributed by atoms with Gasteiger partial charge in [-0.15, -0.1) is 11.8 Å². The average Bonchev–Trinajstić information content (AvgIpc) is 3.06. The third kappa shape index (κ3) is 5.78. The van der Waals surface area contributed by atoms with E-state index in [1.54, 1.807) is 0 Å². The van der Waals surface area contributed by atoms with E-state index >= 15 is 0 Å². The van der Waals surface area contributed by atoms with Crippen molar-refractivity contribution in [3.05, 3.63) is 0 Å². The molecule has 2 heterocycles. The molecule has 3 rings (SSSR count). The first-order valence-electron chi connectivity index (χ1n) is 10.5. The highest BCUT2D eigenvalue weighted by molar-refractivity contribution is 8.00. The van der Waals surface area contributed by atoms with E-state index < -0.39 is 18.0 Å². The van der Waals surface area contributed by atoms with Crippen LogP contribution in [0.4, 0.5) is 8.78 Å². The van der Waals surface area contributed by atoms with Gasteiger partial charge in [-0.3, -0.25) is 15.0 Å². The first-order chi connectivity index (χ1) is 13.2. The molecule has 6 atom stereocenters. The number of carbonyl (C=O) groups excluding carboxylic acids is 1. The Morgan fingerprint density at radius 2 is 2.00 bits per heavy atom. The summed E-state index contributed by atoms with van der Waals surface area (Å²) in [6.07, 6.45) is 5.93. The average molecular weight is 420 g/mol. The molecular weight excluding hydrogens is 384 g/mol. The number of amides is 1. The second-order valence-corrected chi connectivity index (χ2v) is 10.2. The van der Waals surface area contributed by atoms with Crippen LogP contribution in [0.15, 0.2) is 0 Å². The van der Waals surface area contributed by atoms with Gasteiger partial charge in [0.2, 0.25) is 5.91 Å². The van der Waals surface area contributed by atoms with E-state index in [2.05, 4.69) is 40.4 Å². The number of hydrogen-bond acceptors (Lipinski definition) is 6. The highest BCUT2D eigenvalue weighted by Gasteiger charge is 2.40. The second kappa shape index (κ2) is 9.55. The van der Waals surface area contributed by atoms with Gasteiger partial charge >= 0.3 is 0 Å². The van der Waals surface area contributed by atoms with Crippen molar-refractivity contribution in [3.8, 4) is 0 Å². The van der Waals surface area contributed by atoms with Gasteiger partial charge in [-0.25, -0.2) is 19.6 Å². The van der Waals surface area contributed by atoms with Crippen molar-refractivity contribution in [1.29, 1.82) is 0 Å². The highest BCUT2D eigenvalue weighted by Crippen LogP contribution is 2.35. The summed E-state index contributed by atoms with van der Waals surface area (Å²) in [6.45, 7) is 4.03. The molecule has 2 aliphatic heterocycles. The molecule has 0 aromatic rings. The van der Waals surface area contributed by atoms with Crippen LogP contribution in [0, 0.1) is 5.92 Å². The van der Waals surface area contributed by atoms with Gasteiger partial charge in [-0.05, 0) is 51.5 Å². The van der Waals surface area contributed by atoms with Crippen LogP contribution in [0.2, 0.25) is 0 Å². The van der Waals surface area contributed by atoms with Gasteiger partial charge in [0.25, 0.3) is 5.92 Å². The standard InChI is InChI=1S/C19H35F2N5OS/c1-12(28-18-25-22-11-26(18)3)13-6-4-7-14(10-13)23-17(27)15-8-5-9-16(24-15)19(2,20)21/h12-16,18,22,24-25H,4-11H2,1-3H3,(H,23,27)/t12-,13?,14?,15?,16?,18?/m0/s1. The molecule has 2 saturated heterocycles. The van der Waals surface area contributed by atoms with Crippen molar-refractivity contribution in [2.24, 2.45) is 5.92 Å². The van der Waals surface area contributed by atoms with Gasteiger partial charge in [0, 0.05) is 18.2 Å². The number of carbonyl (C=O) groups is 1. The summed E-state index contributed by atoms with van der Waals surface area (Å²) < 4.78 is 27.3. The van der Waals surface area contributed by atoms with E-state index in [4.69, 9.17) is 0 Å². The SMILES string of the molecule is C[C@H](SC1NNCN1C)C1CCCC(NC(=O)C2CCCC(C(C)(F)F)N2)C1. The predicted molar refractivity (Wildman–Crippen MR) is 109 cm³/mol. The van der Waals surface area contributed by atoms with E-state index in [0.717, 1.165) is 32.9 Å². The van der Waals surface area contributed by atoms with Crippen molar-refractivity contribution in [2.75, 3.05) is 13.7 Å². The Morgan fingerprint density at radius 3 is 2.68 bits per heavy atom. The summed E-state index contributed by atoms with van der Waals surface area (Å²) in [7, 11) is 2.09. The van der Waals surface area contributed by atoms with Crippen LogP contribution in [0.1, 0.15) is 58.8 Å². The fourth-order valence-corrected chi connectivity index (χ4v) is 5.84. The van der Waals surface area contributed by atoms with Gasteiger partial charge in [-0.2, -0.15) is 0 Å². The fraction of sp³-hybridized carbons (Fsp3) is 0.947. The number of hydrazine groups is 1. The first-order valence-corrected chi connectivity index (χ1v) is 11.5. The van der Waals surface area contributed by atoms with Crippen molar-refractivity contribution >= 4 is 17.7 Å². The van der Waals surface area contributed by atoms with Crippen molar-refractivity contribution in [2.45, 2.75) is 93.6 Å². The molecule has 0 radical (unpaired) electrons. The zero-order chi connectivity index (χ0) is 20.3. The van der Waals surface area contributed by atoms with Crippen molar-refractivity contribution in [3.63, 3.8) is 0 Å². The van der Waals surface area contributed by atoms with E-state index in [1.807, 2.05) is 11.8 Å². The van der Waals surface area contributed by atoms with Crippen LogP contribution in [-0.4, -0.2) is 59.3 Å². The molecule has 0 bridgehead atoms. The zero-order valence-electron chi connectivity index (χ0n) is 17.1. The summed E-state index contributed by atoms with van der Waals surface area (Å²) >= 11 is 1.92. The number of nitrogens with zero attached hydrogens (tertiary/aromatic N) is 1. The van der Waals surface area contributed by atoms with Gasteiger partial charge in [0.05, 0.1) is 18.8 Å². The van der Waals surface area contributed by atoms with Crippen LogP contribution >= 0.6 is 11.8 Å². The minimum absolute atomic E-state index is 0.110. The van der Waals surface area contributed by atoms with Gasteiger partial charge < -0.3 is 5.32 Å². The topological polar surface area (TPSA) is 68.4 Å². The molecule has 3 fully saturated rings. The summed E-state index contributed by atoms with van der Waals surface area (Å²) in [4.78, 5) is 14.9. The maximum Gasteiger partial charge on any atom is 0.260 e. The monoisotopic (exact) mass is 419 g/mol. The van der Waals surface area contributed by atoms with Gasteiger partial charge in [0.1, 0.15) is 5.50 Å². The minimum Gasteiger partial charge on any atom is -0.352 e. The molecule has 0 aromatic carbocycles. The van der Waals surface area contributed by atoms with E-state index in [1.165, 1.54) is 6.42 Å². The van der Waals surface area contributed by atoms with E-state index in [0.29, 0.717) is 30.4 Å². The molecule has 1 aliphatic carbocycles. The maximum atomic E-state index is 13.6. The smallest absolute Gasteiger partial charge is 0.260 e. The summed E-state index contributed by atoms with van der Waals surface area (Å²) in [5.41, 5.74) is 6.70. The zero-order valence-corrected chi connectivity index (χ0v) is 18.0. The van der Waals surface area contributed by atoms with Crippen LogP contribution in [-0.2, 0) is 4.79 Å². The molecule has 162 valence electrons. The number of nitrogens with one attached hydrogen (secondary N) is 4. The summed E-state index contributed by atoms with van der Waals surface area (Å²) in [5.74, 6) is -2.36. The number of halogens is 2. The molecule has 3 aliphatic rings. The van der Waals surface area contributed by atoms with Gasteiger partial charge in [0.15, 0.2) is 0 Å².